The molecule has 164 valence electrons. The number of anilines is 1. The first-order valence-electron chi connectivity index (χ1n) is 9.53. The topological polar surface area (TPSA) is 141 Å². The van der Waals surface area contributed by atoms with Crippen molar-refractivity contribution in [1.82, 2.24) is 4.37 Å². The van der Waals surface area contributed by atoms with Crippen molar-refractivity contribution in [3.8, 4) is 5.75 Å². The van der Waals surface area contributed by atoms with Gasteiger partial charge < -0.3 is 10.4 Å². The van der Waals surface area contributed by atoms with Crippen molar-refractivity contribution in [3.63, 3.8) is 0 Å². The first-order valence-corrected chi connectivity index (χ1v) is 11.7. The molecule has 0 fully saturated rings. The molecule has 1 amide bonds. The molecule has 0 atom stereocenters. The summed E-state index contributed by atoms with van der Waals surface area (Å²) in [5.41, 5.74) is 1.99. The molecule has 0 unspecified atom stereocenters. The molecule has 0 aliphatic carbocycles. The third-order valence-corrected chi connectivity index (χ3v) is 6.50. The molecule has 32 heavy (non-hydrogen) atoms. The second kappa shape index (κ2) is 8.26. The number of phenolic OH excluding ortho intramolecular Hbond substituents is 1. The number of rotatable bonds is 5. The minimum Gasteiger partial charge on any atom is -0.505 e. The van der Waals surface area contributed by atoms with E-state index in [4.69, 9.17) is 0 Å². The Labute approximate surface area is 187 Å². The van der Waals surface area contributed by atoms with Crippen molar-refractivity contribution < 1.29 is 22.9 Å². The molecule has 0 saturated heterocycles. The Balaban J connectivity index is 1.87. The molecule has 0 spiro atoms. The number of amides is 1. The Morgan fingerprint density at radius 2 is 1.94 bits per heavy atom. The van der Waals surface area contributed by atoms with E-state index in [1.165, 1.54) is 24.3 Å². The molecule has 0 aliphatic rings. The highest BCUT2D eigenvalue weighted by Gasteiger charge is 2.16. The Hall–Kier alpha value is -3.41. The lowest BCUT2D eigenvalue weighted by atomic mass is 10.0. The van der Waals surface area contributed by atoms with Gasteiger partial charge in [-0.3, -0.25) is 9.35 Å². The molecular formula is C21H18N4O5S2. The molecule has 4 aromatic rings. The third kappa shape index (κ3) is 4.05. The number of carbonyl (C=O) groups excluding carboxylic acids is 1. The number of aryl methyl sites for hydroxylation is 1. The number of azo groups is 1. The van der Waals surface area contributed by atoms with Crippen LogP contribution in [-0.2, 0) is 14.9 Å². The van der Waals surface area contributed by atoms with Crippen LogP contribution in [0.1, 0.15) is 18.9 Å². The smallest absolute Gasteiger partial charge is 0.294 e. The zero-order chi connectivity index (χ0) is 23.0. The minimum absolute atomic E-state index is 0.0644. The van der Waals surface area contributed by atoms with Gasteiger partial charge in [0.1, 0.15) is 5.75 Å². The number of benzene rings is 3. The number of nitrogens with zero attached hydrogens (tertiary/aromatic N) is 3. The fraction of sp³-hybridized carbons (Fsp3) is 0.143. The van der Waals surface area contributed by atoms with Gasteiger partial charge in [-0.1, -0.05) is 25.1 Å². The Morgan fingerprint density at radius 1 is 1.16 bits per heavy atom. The molecule has 3 aromatic carbocycles. The normalized spacial score (nSPS) is 12.1. The highest BCUT2D eigenvalue weighted by Crippen LogP contribution is 2.42. The van der Waals surface area contributed by atoms with Crippen LogP contribution in [0.5, 0.6) is 5.75 Å². The number of hydrogen-bond donors (Lipinski definition) is 3. The lowest BCUT2D eigenvalue weighted by Gasteiger charge is -2.12. The second-order valence-electron chi connectivity index (χ2n) is 7.03. The van der Waals surface area contributed by atoms with E-state index in [0.717, 1.165) is 17.1 Å². The van der Waals surface area contributed by atoms with Crippen LogP contribution in [0.15, 0.2) is 57.6 Å². The number of phenols is 1. The fourth-order valence-electron chi connectivity index (χ4n) is 3.28. The first kappa shape index (κ1) is 21.8. The average molecular weight is 471 g/mol. The van der Waals surface area contributed by atoms with Crippen LogP contribution in [0.25, 0.3) is 21.7 Å². The lowest BCUT2D eigenvalue weighted by molar-refractivity contribution is -0.115. The monoisotopic (exact) mass is 470 g/mol. The second-order valence-corrected chi connectivity index (χ2v) is 9.21. The van der Waals surface area contributed by atoms with Gasteiger partial charge in [-0.15, -0.1) is 10.2 Å². The van der Waals surface area contributed by atoms with Crippen molar-refractivity contribution >= 4 is 65.6 Å². The lowest BCUT2D eigenvalue weighted by Crippen LogP contribution is -2.09. The van der Waals surface area contributed by atoms with Gasteiger partial charge in [0.15, 0.2) is 5.00 Å². The molecule has 0 saturated carbocycles. The van der Waals surface area contributed by atoms with E-state index in [0.29, 0.717) is 32.4 Å². The molecule has 0 radical (unpaired) electrons. The largest absolute Gasteiger partial charge is 0.505 e. The van der Waals surface area contributed by atoms with Gasteiger partial charge in [0.2, 0.25) is 5.91 Å². The van der Waals surface area contributed by atoms with E-state index in [1.54, 1.807) is 19.1 Å². The van der Waals surface area contributed by atoms with Gasteiger partial charge >= 0.3 is 0 Å². The van der Waals surface area contributed by atoms with Crippen LogP contribution >= 0.6 is 11.5 Å². The third-order valence-electron chi connectivity index (χ3n) is 4.89. The molecule has 9 nitrogen and oxygen atoms in total. The zero-order valence-corrected chi connectivity index (χ0v) is 18.7. The molecule has 0 aliphatic heterocycles. The molecular weight excluding hydrogens is 452 g/mol. The van der Waals surface area contributed by atoms with Crippen LogP contribution in [0, 0.1) is 6.92 Å². The van der Waals surface area contributed by atoms with Gasteiger partial charge in [-0.25, -0.2) is 0 Å². The van der Waals surface area contributed by atoms with Crippen LogP contribution in [0.3, 0.4) is 0 Å². The van der Waals surface area contributed by atoms with Gasteiger partial charge in [0.25, 0.3) is 10.1 Å². The summed E-state index contributed by atoms with van der Waals surface area (Å²) in [6.45, 7) is 3.57. The van der Waals surface area contributed by atoms with Crippen molar-refractivity contribution in [2.24, 2.45) is 10.2 Å². The highest BCUT2D eigenvalue weighted by molar-refractivity contribution is 7.85. The molecule has 11 heteroatoms. The first-order chi connectivity index (χ1) is 15.2. The maximum Gasteiger partial charge on any atom is 0.294 e. The number of nitrogens with one attached hydrogen (secondary N) is 1. The quantitative estimate of drug-likeness (QED) is 0.200. The maximum absolute atomic E-state index is 11.9. The summed E-state index contributed by atoms with van der Waals surface area (Å²) in [7, 11) is -4.38. The van der Waals surface area contributed by atoms with E-state index >= 15 is 0 Å². The Morgan fingerprint density at radius 3 is 2.66 bits per heavy atom. The predicted octanol–water partition coefficient (Wildman–Crippen LogP) is 5.47. The van der Waals surface area contributed by atoms with Gasteiger partial charge in [-0.2, -0.15) is 12.8 Å². The summed E-state index contributed by atoms with van der Waals surface area (Å²) in [6.07, 6.45) is 0.241. The summed E-state index contributed by atoms with van der Waals surface area (Å²) in [5.74, 6) is -0.327. The van der Waals surface area contributed by atoms with E-state index in [1.807, 2.05) is 13.0 Å². The van der Waals surface area contributed by atoms with Crippen molar-refractivity contribution in [1.29, 1.82) is 0 Å². The molecule has 0 bridgehead atoms. The number of aromatic nitrogens is 1. The number of fused-ring (bicyclic) bond motifs is 2. The van der Waals surface area contributed by atoms with Crippen molar-refractivity contribution in [3.05, 3.63) is 48.0 Å². The summed E-state index contributed by atoms with van der Waals surface area (Å²) in [4.78, 5) is 11.6. The Kier molecular flexibility index (Phi) is 5.63. The summed E-state index contributed by atoms with van der Waals surface area (Å²) >= 11 is 1.03. The van der Waals surface area contributed by atoms with Gasteiger partial charge in [0, 0.05) is 22.6 Å². The number of carbonyl (C=O) groups is 1. The summed E-state index contributed by atoms with van der Waals surface area (Å²) in [5, 5.41) is 23.9. The van der Waals surface area contributed by atoms with Crippen molar-refractivity contribution in [2.75, 3.05) is 5.32 Å². The molecule has 1 aromatic heterocycles. The molecule has 1 heterocycles. The van der Waals surface area contributed by atoms with Crippen LogP contribution in [-0.4, -0.2) is 28.4 Å². The Bertz CT molecular complexity index is 1510. The summed E-state index contributed by atoms with van der Waals surface area (Å²) in [6, 6.07) is 10.9. The van der Waals surface area contributed by atoms with Gasteiger partial charge in [-0.05, 0) is 48.3 Å². The number of hydrogen-bond acceptors (Lipinski definition) is 8. The molecule has 4 rings (SSSR count). The SMILES string of the molecule is CCC(=O)Nc1cc(N=Nc2snc3ccc(S(=O)(=O)O)cc23)c2c(C)cccc2c1O. The standard InChI is InChI=1S/C21H18N4O5S2/c1-3-18(26)22-17-10-16(19-11(2)5-4-6-13(19)20(17)27)23-24-21-14-9-12(32(28,29)30)7-8-15(14)25-31-21/h4-10,27H,3H2,1-2H3,(H,22,26)(H,28,29,30). The predicted molar refractivity (Wildman–Crippen MR) is 123 cm³/mol. The van der Waals surface area contributed by atoms with E-state index in [2.05, 4.69) is 19.9 Å². The zero-order valence-electron chi connectivity index (χ0n) is 17.0. The maximum atomic E-state index is 11.9. The minimum atomic E-state index is -4.38. The van der Waals surface area contributed by atoms with Gasteiger partial charge in [0.05, 0.1) is 21.8 Å². The van der Waals surface area contributed by atoms with E-state index < -0.39 is 10.1 Å². The fourth-order valence-corrected chi connectivity index (χ4v) is 4.47. The van der Waals surface area contributed by atoms with Crippen LogP contribution in [0.4, 0.5) is 16.4 Å². The number of aromatic hydroxyl groups is 1. The molecule has 3 N–H and O–H groups in total. The van der Waals surface area contributed by atoms with Crippen LogP contribution < -0.4 is 5.32 Å². The van der Waals surface area contributed by atoms with Crippen molar-refractivity contribution in [2.45, 2.75) is 25.2 Å². The highest BCUT2D eigenvalue weighted by atomic mass is 32.2. The van der Waals surface area contributed by atoms with E-state index in [9.17, 15) is 22.9 Å². The van der Waals surface area contributed by atoms with E-state index in [-0.39, 0.29) is 28.7 Å². The summed E-state index contributed by atoms with van der Waals surface area (Å²) < 4.78 is 36.5. The average Bonchev–Trinajstić information content (AvgIpc) is 3.16. The van der Waals surface area contributed by atoms with Crippen LogP contribution in [0.2, 0.25) is 0 Å².